The number of benzene rings is 1. The van der Waals surface area contributed by atoms with Gasteiger partial charge in [0.25, 0.3) is 0 Å². The van der Waals surface area contributed by atoms with Crippen molar-refractivity contribution in [3.8, 4) is 0 Å². The summed E-state index contributed by atoms with van der Waals surface area (Å²) in [6, 6.07) is 6.42. The van der Waals surface area contributed by atoms with Crippen LogP contribution in [-0.2, 0) is 4.79 Å². The van der Waals surface area contributed by atoms with Crippen molar-refractivity contribution in [1.29, 1.82) is 0 Å². The number of carbonyl (C=O) groups excluding carboxylic acids is 1. The minimum Gasteiger partial charge on any atom is -0.464 e. The minimum atomic E-state index is -0.528. The van der Waals surface area contributed by atoms with Gasteiger partial charge in [0.1, 0.15) is 5.58 Å². The molecule has 0 bridgehead atoms. The molecule has 0 aliphatic carbocycles. The maximum atomic E-state index is 11.5. The number of carbonyl (C=O) groups is 1. The molecular formula is C12H9NO3. The molecule has 0 unspecified atom stereocenters. The van der Waals surface area contributed by atoms with E-state index in [0.717, 1.165) is 5.56 Å². The molecule has 1 heterocycles. The molecule has 0 radical (unpaired) electrons. The van der Waals surface area contributed by atoms with Crippen molar-refractivity contribution >= 4 is 23.0 Å². The lowest BCUT2D eigenvalue weighted by molar-refractivity contribution is -0.113. The third-order valence-corrected chi connectivity index (χ3v) is 2.12. The Kier molecular flexibility index (Phi) is 2.55. The molecule has 0 spiro atoms. The van der Waals surface area contributed by atoms with Gasteiger partial charge in [-0.25, -0.2) is 0 Å². The fraction of sp³-hybridized carbons (Fsp3) is 0. The first kappa shape index (κ1) is 10.2. The molecule has 2 N–H and O–H groups in total. The SMILES string of the molecule is NC(=O)C=Cc1ccc2occc(=O)c2c1. The summed E-state index contributed by atoms with van der Waals surface area (Å²) < 4.78 is 5.16. The molecule has 16 heavy (non-hydrogen) atoms. The maximum absolute atomic E-state index is 11.5. The molecule has 0 aliphatic heterocycles. The number of primary amides is 1. The highest BCUT2D eigenvalue weighted by molar-refractivity contribution is 5.91. The van der Waals surface area contributed by atoms with Crippen LogP contribution in [0.25, 0.3) is 17.0 Å². The fourth-order valence-corrected chi connectivity index (χ4v) is 1.38. The van der Waals surface area contributed by atoms with Crippen molar-refractivity contribution in [2.45, 2.75) is 0 Å². The fourth-order valence-electron chi connectivity index (χ4n) is 1.38. The van der Waals surface area contributed by atoms with Gasteiger partial charge < -0.3 is 10.2 Å². The molecule has 2 aromatic rings. The highest BCUT2D eigenvalue weighted by atomic mass is 16.3. The number of hydrogen-bond acceptors (Lipinski definition) is 3. The Bertz CT molecular complexity index is 625. The lowest BCUT2D eigenvalue weighted by Crippen LogP contribution is -2.05. The van der Waals surface area contributed by atoms with Gasteiger partial charge in [0, 0.05) is 12.1 Å². The van der Waals surface area contributed by atoms with Gasteiger partial charge in [0.2, 0.25) is 5.91 Å². The molecule has 1 amide bonds. The second-order valence-corrected chi connectivity index (χ2v) is 3.28. The van der Waals surface area contributed by atoms with Crippen molar-refractivity contribution in [3.63, 3.8) is 0 Å². The molecule has 0 saturated carbocycles. The van der Waals surface area contributed by atoms with E-state index in [1.807, 2.05) is 0 Å². The molecule has 2 rings (SSSR count). The predicted molar refractivity (Wildman–Crippen MR) is 60.7 cm³/mol. The topological polar surface area (TPSA) is 73.3 Å². The molecule has 1 aromatic carbocycles. The van der Waals surface area contributed by atoms with E-state index in [2.05, 4.69) is 0 Å². The summed E-state index contributed by atoms with van der Waals surface area (Å²) in [5, 5.41) is 0.481. The first-order valence-corrected chi connectivity index (χ1v) is 4.66. The largest absolute Gasteiger partial charge is 0.464 e. The van der Waals surface area contributed by atoms with Gasteiger partial charge in [0.05, 0.1) is 11.6 Å². The van der Waals surface area contributed by atoms with Gasteiger partial charge in [-0.3, -0.25) is 9.59 Å². The van der Waals surface area contributed by atoms with Crippen LogP contribution in [0.3, 0.4) is 0 Å². The third-order valence-electron chi connectivity index (χ3n) is 2.12. The smallest absolute Gasteiger partial charge is 0.241 e. The zero-order chi connectivity index (χ0) is 11.5. The van der Waals surface area contributed by atoms with Gasteiger partial charge in [-0.15, -0.1) is 0 Å². The quantitative estimate of drug-likeness (QED) is 0.767. The average molecular weight is 215 g/mol. The number of rotatable bonds is 2. The van der Waals surface area contributed by atoms with Crippen LogP contribution in [0.2, 0.25) is 0 Å². The summed E-state index contributed by atoms with van der Waals surface area (Å²) in [4.78, 5) is 22.1. The van der Waals surface area contributed by atoms with Crippen molar-refractivity contribution in [2.24, 2.45) is 5.73 Å². The van der Waals surface area contributed by atoms with E-state index in [4.69, 9.17) is 10.2 Å². The van der Waals surface area contributed by atoms with Crippen molar-refractivity contribution in [3.05, 3.63) is 52.4 Å². The molecule has 0 saturated heterocycles. The van der Waals surface area contributed by atoms with Crippen molar-refractivity contribution < 1.29 is 9.21 Å². The predicted octanol–water partition coefficient (Wildman–Crippen LogP) is 1.29. The van der Waals surface area contributed by atoms with Gasteiger partial charge in [0.15, 0.2) is 5.43 Å². The van der Waals surface area contributed by atoms with Crippen molar-refractivity contribution in [2.75, 3.05) is 0 Å². The summed E-state index contributed by atoms with van der Waals surface area (Å²) in [5.74, 6) is -0.528. The van der Waals surface area contributed by atoms with Crippen LogP contribution in [0, 0.1) is 0 Å². The zero-order valence-electron chi connectivity index (χ0n) is 8.34. The lowest BCUT2D eigenvalue weighted by Gasteiger charge is -1.97. The summed E-state index contributed by atoms with van der Waals surface area (Å²) in [5.41, 5.74) is 6.11. The van der Waals surface area contributed by atoms with E-state index >= 15 is 0 Å². The molecule has 80 valence electrons. The third kappa shape index (κ3) is 2.00. The Labute approximate surface area is 91.0 Å². The van der Waals surface area contributed by atoms with E-state index in [1.54, 1.807) is 24.3 Å². The second kappa shape index (κ2) is 4.02. The molecular weight excluding hydrogens is 206 g/mol. The molecule has 4 heteroatoms. The second-order valence-electron chi connectivity index (χ2n) is 3.28. The van der Waals surface area contributed by atoms with Crippen LogP contribution in [-0.4, -0.2) is 5.91 Å². The Morgan fingerprint density at radius 2 is 2.12 bits per heavy atom. The highest BCUT2D eigenvalue weighted by Gasteiger charge is 1.99. The first-order valence-electron chi connectivity index (χ1n) is 4.66. The Morgan fingerprint density at radius 3 is 2.88 bits per heavy atom. The zero-order valence-corrected chi connectivity index (χ0v) is 8.34. The Balaban J connectivity index is 2.55. The monoisotopic (exact) mass is 215 g/mol. The molecule has 1 aromatic heterocycles. The van der Waals surface area contributed by atoms with Gasteiger partial charge >= 0.3 is 0 Å². The molecule has 4 nitrogen and oxygen atoms in total. The number of nitrogens with two attached hydrogens (primary N) is 1. The maximum Gasteiger partial charge on any atom is 0.241 e. The van der Waals surface area contributed by atoms with E-state index in [1.165, 1.54) is 18.4 Å². The van der Waals surface area contributed by atoms with Crippen molar-refractivity contribution in [1.82, 2.24) is 0 Å². The number of fused-ring (bicyclic) bond motifs is 1. The minimum absolute atomic E-state index is 0.115. The van der Waals surface area contributed by atoms with E-state index in [-0.39, 0.29) is 5.43 Å². The molecule has 0 aliphatic rings. The lowest BCUT2D eigenvalue weighted by atomic mass is 10.1. The van der Waals surface area contributed by atoms with Crippen LogP contribution in [0.1, 0.15) is 5.56 Å². The van der Waals surface area contributed by atoms with Gasteiger partial charge in [-0.1, -0.05) is 6.07 Å². The number of hydrogen-bond donors (Lipinski definition) is 1. The summed E-state index contributed by atoms with van der Waals surface area (Å²) in [6.07, 6.45) is 4.14. The van der Waals surface area contributed by atoms with E-state index in [9.17, 15) is 9.59 Å². The van der Waals surface area contributed by atoms with Gasteiger partial charge in [-0.05, 0) is 23.8 Å². The molecule has 0 fully saturated rings. The first-order chi connectivity index (χ1) is 7.66. The Morgan fingerprint density at radius 1 is 1.31 bits per heavy atom. The Hall–Kier alpha value is -2.36. The van der Waals surface area contributed by atoms with Crippen LogP contribution in [0.4, 0.5) is 0 Å². The number of amides is 1. The molecule has 0 atom stereocenters. The van der Waals surface area contributed by atoms with E-state index in [0.29, 0.717) is 11.0 Å². The summed E-state index contributed by atoms with van der Waals surface area (Å²) in [6.45, 7) is 0. The van der Waals surface area contributed by atoms with Gasteiger partial charge in [-0.2, -0.15) is 0 Å². The highest BCUT2D eigenvalue weighted by Crippen LogP contribution is 2.13. The summed E-state index contributed by atoms with van der Waals surface area (Å²) in [7, 11) is 0. The van der Waals surface area contributed by atoms with Crippen LogP contribution < -0.4 is 11.2 Å². The van der Waals surface area contributed by atoms with Crippen LogP contribution in [0.15, 0.2) is 45.8 Å². The van der Waals surface area contributed by atoms with Crippen LogP contribution in [0.5, 0.6) is 0 Å². The average Bonchev–Trinajstić information content (AvgIpc) is 2.27. The normalized spacial score (nSPS) is 11.0. The van der Waals surface area contributed by atoms with E-state index < -0.39 is 5.91 Å². The van der Waals surface area contributed by atoms with Crippen LogP contribution >= 0.6 is 0 Å². The standard InChI is InChI=1S/C12H9NO3/c13-12(15)4-2-8-1-3-11-9(7-8)10(14)5-6-16-11/h1-7H,(H2,13,15). The summed E-state index contributed by atoms with van der Waals surface area (Å²) >= 11 is 0.